The molecule has 0 spiro atoms. The highest BCUT2D eigenvalue weighted by molar-refractivity contribution is 5.99. The van der Waals surface area contributed by atoms with Crippen LogP contribution in [0.5, 0.6) is 23.0 Å². The molecular weight excluding hydrogens is 1690 g/mol. The Morgan fingerprint density at radius 1 is 0.431 bits per heavy atom. The van der Waals surface area contributed by atoms with Crippen LogP contribution in [0.2, 0.25) is 0 Å². The number of oxime groups is 1. The number of nitrogens with one attached hydrogen (secondary N) is 1. The minimum Gasteiger partial charge on any atom is -0.488 e. The Balaban J connectivity index is 0.000000142. The Labute approximate surface area is 746 Å². The van der Waals surface area contributed by atoms with Gasteiger partial charge >= 0.3 is 5.97 Å². The van der Waals surface area contributed by atoms with Crippen molar-refractivity contribution in [2.75, 3.05) is 52.6 Å². The highest BCUT2D eigenvalue weighted by atomic mass is 19.2. The number of aryl methyl sites for hydroxylation is 8. The third-order valence-corrected chi connectivity index (χ3v) is 22.8. The number of aliphatic hydroxyl groups is 2. The summed E-state index contributed by atoms with van der Waals surface area (Å²) in [5.74, 6) is -0.353. The molecule has 9 heterocycles. The number of rotatable bonds is 20. The van der Waals surface area contributed by atoms with Gasteiger partial charge in [0, 0.05) is 157 Å². The van der Waals surface area contributed by atoms with Crippen LogP contribution in [-0.4, -0.2) is 193 Å². The number of halogens is 8. The number of piperidine rings is 4. The number of imidazole rings is 4. The summed E-state index contributed by atoms with van der Waals surface area (Å²) in [4.78, 5) is 70.3. The fourth-order valence-corrected chi connectivity index (χ4v) is 16.6. The zero-order valence-electron chi connectivity index (χ0n) is 72.9. The van der Waals surface area contributed by atoms with Gasteiger partial charge in [0.25, 0.3) is 11.8 Å². The number of likely N-dealkylation sites (tertiary alicyclic amines) is 2. The number of carboxylic acid groups (broad SMARTS) is 1. The molecule has 684 valence electrons. The molecule has 8 atom stereocenters. The van der Waals surface area contributed by atoms with Crippen molar-refractivity contribution in [1.29, 1.82) is 0 Å². The summed E-state index contributed by atoms with van der Waals surface area (Å²) in [6.07, 6.45) is 18.9. The van der Waals surface area contributed by atoms with Crippen molar-refractivity contribution in [3.63, 3.8) is 0 Å². The van der Waals surface area contributed by atoms with Crippen LogP contribution < -0.4 is 30.2 Å². The smallest absolute Gasteiger partial charge is 0.335 e. The number of nitrogens with zero attached hydrogens (tertiary/aromatic N) is 12. The molecule has 5 aliphatic rings. The molecule has 0 saturated carbocycles. The number of carboxylic acids is 1. The number of amidine groups is 1. The fourth-order valence-electron chi connectivity index (χ4n) is 16.6. The van der Waals surface area contributed by atoms with Gasteiger partial charge in [-0.3, -0.25) is 9.59 Å². The maximum Gasteiger partial charge on any atom is 0.335 e. The summed E-state index contributed by atoms with van der Waals surface area (Å²) in [7, 11) is 0. The quantitative estimate of drug-likeness (QED) is 0.0350. The highest BCUT2D eigenvalue weighted by Gasteiger charge is 2.41. The van der Waals surface area contributed by atoms with E-state index in [-0.39, 0.29) is 78.9 Å². The Kier molecular flexibility index (Phi) is 31.4. The van der Waals surface area contributed by atoms with E-state index in [1.165, 1.54) is 12.1 Å². The number of nitrogens with two attached hydrogens (primary N) is 1. The lowest BCUT2D eigenvalue weighted by atomic mass is 9.96. The van der Waals surface area contributed by atoms with Crippen molar-refractivity contribution in [2.45, 2.75) is 155 Å². The highest BCUT2D eigenvalue weighted by Crippen LogP contribution is 2.34. The molecule has 0 radical (unpaired) electrons. The van der Waals surface area contributed by atoms with E-state index in [0.29, 0.717) is 62.1 Å². The summed E-state index contributed by atoms with van der Waals surface area (Å²) in [5, 5.41) is 35.5. The molecule has 4 fully saturated rings. The zero-order chi connectivity index (χ0) is 92.6. The second-order valence-corrected chi connectivity index (χ2v) is 32.5. The predicted octanol–water partition coefficient (Wildman–Crippen LogP) is 15.5. The summed E-state index contributed by atoms with van der Waals surface area (Å²) >= 11 is 0. The molecule has 0 unspecified atom stereocenters. The molecule has 2 amide bonds. The fraction of sp³-hybridized carbons (Fsp3) is 0.333. The average molecular weight is 1800 g/mol. The first-order valence-corrected chi connectivity index (χ1v) is 42.5. The number of hydrogen-bond acceptors (Lipinski definition) is 19. The van der Waals surface area contributed by atoms with Gasteiger partial charge in [0.05, 0.1) is 91.6 Å². The van der Waals surface area contributed by atoms with Crippen molar-refractivity contribution in [1.82, 2.24) is 58.2 Å². The average Bonchev–Trinajstić information content (AvgIpc) is 0.909. The van der Waals surface area contributed by atoms with Crippen LogP contribution in [0.1, 0.15) is 133 Å². The third-order valence-electron chi connectivity index (χ3n) is 22.8. The van der Waals surface area contributed by atoms with E-state index in [2.05, 4.69) is 48.3 Å². The zero-order valence-corrected chi connectivity index (χ0v) is 72.9. The van der Waals surface area contributed by atoms with E-state index in [4.69, 9.17) is 44.7 Å². The molecule has 17 rings (SSSR count). The third kappa shape index (κ3) is 24.0. The Morgan fingerprint density at radius 2 is 0.785 bits per heavy atom. The van der Waals surface area contributed by atoms with Gasteiger partial charge in [-0.2, -0.15) is 0 Å². The van der Waals surface area contributed by atoms with Crippen LogP contribution in [0, 0.1) is 102 Å². The molecule has 0 bridgehead atoms. The SMILES string of the molecule is Cc1cn(-c2ccc(C(=O)N3CCC[C@H](Oc4cc(F)cc(F)c4)[C@@H]3CO)cc2C)cn1.Cc1cn(-c2ccc(C(=O)N3CCC[C@H](Oc4cc(F)cc(F)c4)[C@@H]3CON)cc2C)cn1.Cc1cn(-c2ccc(C(=O)O)cc2C)cn1.Cc1cn(-c2ccc(C3=NOC[C@H]4[C@@H](Oc5cc(F)cc(F)c5)CCCN34)cc2C)cn1.OC[C@@H]1NCCC[C@@H]1Oc1cc(F)cc(F)c1. The van der Waals surface area contributed by atoms with E-state index in [9.17, 15) is 54.6 Å². The van der Waals surface area contributed by atoms with E-state index in [1.807, 2.05) is 128 Å². The molecule has 6 N–H and O–H groups in total. The number of carbonyl (C=O) groups is 3. The minimum absolute atomic E-state index is 0.0274. The number of fused-ring (bicyclic) bond motifs is 1. The standard InChI is InChI=1S/C24H26F2N4O3.C24H24F2N4O2.C24H25F2N3O3.C12H15F2NO2.C12H12N2O2/c1-15-8-17(5-6-21(15)29-12-16(2)28-14-29)24(31)30-7-3-4-23(22(30)13-32-27)33-20-10-18(25)9-19(26)11-20;1-15-8-17(5-6-21(15)29-12-16(2)27-14-29)24-28-31-13-22-23(4-3-7-30(22)24)32-20-10-18(25)9-19(26)11-20;1-15-8-17(5-6-21(15)28-12-16(2)27-14-28)24(31)29-7-3-4-23(22(29)13-30)32-20-10-18(25)9-19(26)11-20;13-8-4-9(14)6-10(5-8)17-12-2-1-3-15-11(12)7-16;1-8-5-10(12(15)16)3-4-11(8)14-6-9(2)13-7-14/h5-6,8-12,14,22-23H,3-4,7,13,27H2,1-2H3;5-6,8-12,14,22-23H,3-4,7,13H2,1-2H3;5-6,8-12,14,22-23,30H,3-4,7,13H2,1-2H3;4-6,11-12,15-16H,1-3,7H2;3-7H,1-2H3,(H,15,16)/t3*22-,23-;11-,12-;/m0000./s1. The van der Waals surface area contributed by atoms with Crippen LogP contribution in [0.15, 0.2) is 201 Å². The number of ether oxygens (including phenoxy) is 4. The van der Waals surface area contributed by atoms with Gasteiger partial charge in [0.1, 0.15) is 107 Å². The lowest BCUT2D eigenvalue weighted by molar-refractivity contribution is -0.0180. The van der Waals surface area contributed by atoms with Crippen molar-refractivity contribution >= 4 is 23.6 Å². The number of carbonyl (C=O) groups excluding carboxylic acids is 2. The lowest BCUT2D eigenvalue weighted by Gasteiger charge is -2.43. The number of aromatic nitrogens is 8. The second-order valence-electron chi connectivity index (χ2n) is 32.5. The minimum atomic E-state index is -0.906. The first kappa shape index (κ1) is 94.3. The molecule has 34 heteroatoms. The van der Waals surface area contributed by atoms with E-state index in [1.54, 1.807) is 65.4 Å². The Bertz CT molecular complexity index is 5850. The van der Waals surface area contributed by atoms with Crippen LogP contribution >= 0.6 is 0 Å². The molecule has 8 aromatic carbocycles. The van der Waals surface area contributed by atoms with E-state index < -0.39 is 76.8 Å². The summed E-state index contributed by atoms with van der Waals surface area (Å²) in [5.41, 5.74) is 13.7. The van der Waals surface area contributed by atoms with Crippen LogP contribution in [0.4, 0.5) is 35.1 Å². The summed E-state index contributed by atoms with van der Waals surface area (Å²) < 4.78 is 138. The molecule has 5 aliphatic heterocycles. The first-order chi connectivity index (χ1) is 62.4. The maximum atomic E-state index is 13.6. The van der Waals surface area contributed by atoms with E-state index in [0.717, 1.165) is 179 Å². The normalized spacial score (nSPS) is 18.8. The first-order valence-electron chi connectivity index (χ1n) is 42.5. The van der Waals surface area contributed by atoms with Crippen molar-refractivity contribution < 1.29 is 93.4 Å². The molecule has 26 nitrogen and oxygen atoms in total. The van der Waals surface area contributed by atoms with Crippen molar-refractivity contribution in [3.8, 4) is 45.7 Å². The molecular formula is C96H102F8N14O12. The Morgan fingerprint density at radius 3 is 1.16 bits per heavy atom. The van der Waals surface area contributed by atoms with Gasteiger partial charge in [-0.1, -0.05) is 5.16 Å². The maximum absolute atomic E-state index is 13.6. The topological polar surface area (TPSA) is 299 Å². The van der Waals surface area contributed by atoms with Crippen LogP contribution in [-0.2, 0) is 9.68 Å². The molecule has 12 aromatic rings. The van der Waals surface area contributed by atoms with Gasteiger partial charge in [-0.15, -0.1) is 0 Å². The summed E-state index contributed by atoms with van der Waals surface area (Å²) in [6.45, 7) is 18.1. The van der Waals surface area contributed by atoms with Gasteiger partial charge < -0.3 is 82.2 Å². The van der Waals surface area contributed by atoms with Crippen LogP contribution in [0.3, 0.4) is 0 Å². The Hall–Kier alpha value is -13.3. The van der Waals surface area contributed by atoms with Crippen LogP contribution in [0.25, 0.3) is 22.7 Å². The molecule has 130 heavy (non-hydrogen) atoms. The molecule has 4 aromatic heterocycles. The van der Waals surface area contributed by atoms with Gasteiger partial charge in [-0.25, -0.2) is 65.8 Å². The number of aliphatic hydroxyl groups excluding tert-OH is 2. The van der Waals surface area contributed by atoms with Crippen molar-refractivity contribution in [3.05, 3.63) is 310 Å². The number of amides is 2. The molecule has 0 aliphatic carbocycles. The number of hydrogen-bond donors (Lipinski definition) is 5. The number of benzene rings is 8. The largest absolute Gasteiger partial charge is 0.488 e. The van der Waals surface area contributed by atoms with Crippen molar-refractivity contribution in [2.24, 2.45) is 11.1 Å². The van der Waals surface area contributed by atoms with E-state index >= 15 is 0 Å². The second kappa shape index (κ2) is 43.2. The lowest BCUT2D eigenvalue weighted by Crippen LogP contribution is -2.57. The summed E-state index contributed by atoms with van der Waals surface area (Å²) in [6, 6.07) is 33.0. The van der Waals surface area contributed by atoms with Gasteiger partial charge in [0.15, 0.2) is 5.84 Å². The predicted molar refractivity (Wildman–Crippen MR) is 468 cm³/mol. The van der Waals surface area contributed by atoms with Gasteiger partial charge in [0.2, 0.25) is 0 Å². The van der Waals surface area contributed by atoms with Gasteiger partial charge in [-0.05, 0) is 208 Å². The molecule has 4 saturated heterocycles. The monoisotopic (exact) mass is 1790 g/mol. The number of aromatic carboxylic acids is 1.